The molecule has 1 aliphatic heterocycles. The van der Waals surface area contributed by atoms with E-state index in [4.69, 9.17) is 11.6 Å². The van der Waals surface area contributed by atoms with Crippen LogP contribution in [0.2, 0.25) is 5.15 Å². The maximum absolute atomic E-state index is 5.96. The molecule has 1 aromatic heterocycles. The quantitative estimate of drug-likeness (QED) is 0.568. The zero-order valence-corrected chi connectivity index (χ0v) is 11.8. The van der Waals surface area contributed by atoms with Gasteiger partial charge in [0.05, 0.1) is 8.82 Å². The highest BCUT2D eigenvalue weighted by molar-refractivity contribution is 14.1. The van der Waals surface area contributed by atoms with Gasteiger partial charge in [-0.05, 0) is 22.6 Å². The number of hydrogen-bond acceptors (Lipinski definition) is 4. The first-order valence-corrected chi connectivity index (χ1v) is 7.80. The molecule has 0 bridgehead atoms. The van der Waals surface area contributed by atoms with Crippen molar-refractivity contribution in [2.75, 3.05) is 17.3 Å². The lowest BCUT2D eigenvalue weighted by Gasteiger charge is -2.19. The minimum absolute atomic E-state index is 0.420. The lowest BCUT2D eigenvalue weighted by molar-refractivity contribution is 0.918. The summed E-state index contributed by atoms with van der Waals surface area (Å²) in [6.45, 7) is 0. The minimum Gasteiger partial charge on any atom is -0.239 e. The fraction of sp³-hybridized carbons (Fsp3) is 0.500. The molecule has 1 fully saturated rings. The van der Waals surface area contributed by atoms with Crippen molar-refractivity contribution in [2.45, 2.75) is 5.25 Å². The standard InChI is InChI=1S/C8H8ClIN2S2/c9-7-5(10)3-11-8(12-7)6-4-13-1-2-14-6/h3,6H,1-2,4H2. The molecule has 0 aliphatic carbocycles. The lowest BCUT2D eigenvalue weighted by Crippen LogP contribution is -2.10. The summed E-state index contributed by atoms with van der Waals surface area (Å²) in [5.41, 5.74) is 0. The van der Waals surface area contributed by atoms with Gasteiger partial charge in [-0.15, -0.1) is 11.8 Å². The van der Waals surface area contributed by atoms with Crippen LogP contribution in [0.3, 0.4) is 0 Å². The first-order chi connectivity index (χ1) is 6.77. The van der Waals surface area contributed by atoms with Crippen molar-refractivity contribution < 1.29 is 0 Å². The van der Waals surface area contributed by atoms with Crippen LogP contribution in [0.4, 0.5) is 0 Å². The number of halogens is 2. The van der Waals surface area contributed by atoms with Crippen LogP contribution < -0.4 is 0 Å². The summed E-state index contributed by atoms with van der Waals surface area (Å²) >= 11 is 12.0. The van der Waals surface area contributed by atoms with Crippen LogP contribution in [0, 0.1) is 3.57 Å². The molecule has 2 heterocycles. The van der Waals surface area contributed by atoms with Gasteiger partial charge in [0.15, 0.2) is 0 Å². The average molecular weight is 359 g/mol. The van der Waals surface area contributed by atoms with E-state index >= 15 is 0 Å². The van der Waals surface area contributed by atoms with Gasteiger partial charge in [0, 0.05) is 23.5 Å². The Labute approximate surface area is 110 Å². The zero-order valence-electron chi connectivity index (χ0n) is 7.24. The Balaban J connectivity index is 2.18. The number of nitrogens with zero attached hydrogens (tertiary/aromatic N) is 2. The van der Waals surface area contributed by atoms with Crippen LogP contribution in [0.1, 0.15) is 11.1 Å². The Morgan fingerprint density at radius 3 is 3.00 bits per heavy atom. The topological polar surface area (TPSA) is 25.8 Å². The highest BCUT2D eigenvalue weighted by atomic mass is 127. The highest BCUT2D eigenvalue weighted by Gasteiger charge is 2.19. The van der Waals surface area contributed by atoms with Crippen molar-refractivity contribution >= 4 is 57.7 Å². The molecule has 1 aromatic rings. The van der Waals surface area contributed by atoms with Gasteiger partial charge in [0.1, 0.15) is 11.0 Å². The molecular weight excluding hydrogens is 351 g/mol. The lowest BCUT2D eigenvalue weighted by atomic mass is 10.4. The van der Waals surface area contributed by atoms with E-state index in [2.05, 4.69) is 32.6 Å². The molecule has 14 heavy (non-hydrogen) atoms. The summed E-state index contributed by atoms with van der Waals surface area (Å²) in [5, 5.41) is 0.995. The fourth-order valence-electron chi connectivity index (χ4n) is 1.15. The summed E-state index contributed by atoms with van der Waals surface area (Å²) in [5.74, 6) is 4.40. The second-order valence-corrected chi connectivity index (χ2v) is 6.78. The maximum atomic E-state index is 5.96. The van der Waals surface area contributed by atoms with E-state index in [9.17, 15) is 0 Å². The molecule has 1 atom stereocenters. The molecule has 0 saturated carbocycles. The van der Waals surface area contributed by atoms with Gasteiger partial charge in [-0.3, -0.25) is 0 Å². The SMILES string of the molecule is Clc1nc(C2CSCCS2)ncc1I. The Morgan fingerprint density at radius 2 is 2.36 bits per heavy atom. The van der Waals surface area contributed by atoms with E-state index in [1.165, 1.54) is 11.5 Å². The molecule has 1 aliphatic rings. The van der Waals surface area contributed by atoms with Crippen LogP contribution in [-0.2, 0) is 0 Å². The molecule has 76 valence electrons. The molecule has 0 amide bonds. The van der Waals surface area contributed by atoms with Crippen molar-refractivity contribution in [1.29, 1.82) is 0 Å². The molecule has 1 unspecified atom stereocenters. The Morgan fingerprint density at radius 1 is 1.50 bits per heavy atom. The van der Waals surface area contributed by atoms with Gasteiger partial charge in [-0.2, -0.15) is 11.8 Å². The van der Waals surface area contributed by atoms with Crippen molar-refractivity contribution in [3.05, 3.63) is 20.7 Å². The van der Waals surface area contributed by atoms with E-state index in [0.29, 0.717) is 10.4 Å². The van der Waals surface area contributed by atoms with E-state index in [-0.39, 0.29) is 0 Å². The number of thioether (sulfide) groups is 2. The van der Waals surface area contributed by atoms with Crippen molar-refractivity contribution in [2.24, 2.45) is 0 Å². The predicted molar refractivity (Wildman–Crippen MR) is 72.3 cm³/mol. The molecule has 0 N–H and O–H groups in total. The normalized spacial score (nSPS) is 22.3. The molecule has 2 nitrogen and oxygen atoms in total. The molecule has 0 radical (unpaired) electrons. The molecule has 0 aromatic carbocycles. The predicted octanol–water partition coefficient (Wildman–Crippen LogP) is 3.26. The molecule has 6 heteroatoms. The maximum Gasteiger partial charge on any atom is 0.146 e. The van der Waals surface area contributed by atoms with Crippen LogP contribution in [0.15, 0.2) is 6.20 Å². The Kier molecular flexibility index (Phi) is 4.21. The second-order valence-electron chi connectivity index (χ2n) is 2.80. The Bertz CT molecular complexity index is 331. The first-order valence-electron chi connectivity index (χ1n) is 4.14. The molecular formula is C8H8ClIN2S2. The van der Waals surface area contributed by atoms with Crippen LogP contribution in [0.25, 0.3) is 0 Å². The van der Waals surface area contributed by atoms with Crippen molar-refractivity contribution in [1.82, 2.24) is 9.97 Å². The molecule has 0 spiro atoms. The minimum atomic E-state index is 0.420. The van der Waals surface area contributed by atoms with Gasteiger partial charge in [0.2, 0.25) is 0 Å². The summed E-state index contributed by atoms with van der Waals surface area (Å²) in [6, 6.07) is 0. The van der Waals surface area contributed by atoms with Gasteiger partial charge in [0.25, 0.3) is 0 Å². The van der Waals surface area contributed by atoms with E-state index in [1.54, 1.807) is 6.20 Å². The summed E-state index contributed by atoms with van der Waals surface area (Å²) in [7, 11) is 0. The largest absolute Gasteiger partial charge is 0.239 e. The van der Waals surface area contributed by atoms with E-state index in [0.717, 1.165) is 15.1 Å². The Hall–Kier alpha value is 0.800. The third-order valence-electron chi connectivity index (χ3n) is 1.82. The number of aromatic nitrogens is 2. The smallest absolute Gasteiger partial charge is 0.146 e. The van der Waals surface area contributed by atoms with Crippen molar-refractivity contribution in [3.8, 4) is 0 Å². The summed E-state index contributed by atoms with van der Waals surface area (Å²) < 4.78 is 0.918. The van der Waals surface area contributed by atoms with Gasteiger partial charge >= 0.3 is 0 Å². The van der Waals surface area contributed by atoms with E-state index in [1.807, 2.05) is 23.5 Å². The number of rotatable bonds is 1. The summed E-state index contributed by atoms with van der Waals surface area (Å²) in [4.78, 5) is 8.63. The van der Waals surface area contributed by atoms with E-state index < -0.39 is 0 Å². The average Bonchev–Trinajstić information content (AvgIpc) is 2.23. The van der Waals surface area contributed by atoms with Crippen molar-refractivity contribution in [3.63, 3.8) is 0 Å². The van der Waals surface area contributed by atoms with Gasteiger partial charge in [-0.1, -0.05) is 11.6 Å². The highest BCUT2D eigenvalue weighted by Crippen LogP contribution is 2.35. The second kappa shape index (κ2) is 5.23. The van der Waals surface area contributed by atoms with Gasteiger partial charge in [-0.25, -0.2) is 9.97 Å². The summed E-state index contributed by atoms with van der Waals surface area (Å²) in [6.07, 6.45) is 1.80. The number of hydrogen-bond donors (Lipinski definition) is 0. The third-order valence-corrected chi connectivity index (χ3v) is 5.97. The van der Waals surface area contributed by atoms with Crippen LogP contribution in [-0.4, -0.2) is 27.2 Å². The zero-order chi connectivity index (χ0) is 9.97. The van der Waals surface area contributed by atoms with Gasteiger partial charge < -0.3 is 0 Å². The van der Waals surface area contributed by atoms with Crippen LogP contribution in [0.5, 0.6) is 0 Å². The van der Waals surface area contributed by atoms with Crippen LogP contribution >= 0.6 is 57.7 Å². The monoisotopic (exact) mass is 358 g/mol. The third kappa shape index (κ3) is 2.68. The molecule has 2 rings (SSSR count). The fourth-order valence-corrected chi connectivity index (χ4v) is 4.15. The first kappa shape index (κ1) is 11.3. The molecule has 1 saturated heterocycles.